The Morgan fingerprint density at radius 2 is 1.87 bits per heavy atom. The van der Waals surface area contributed by atoms with Gasteiger partial charge in [0, 0.05) is 30.1 Å². The van der Waals surface area contributed by atoms with Crippen molar-refractivity contribution in [3.05, 3.63) is 0 Å². The van der Waals surface area contributed by atoms with Crippen molar-refractivity contribution < 1.29 is 0 Å². The number of thioether (sulfide) groups is 1. The zero-order valence-corrected chi connectivity index (χ0v) is 10.9. The van der Waals surface area contributed by atoms with E-state index in [1.165, 1.54) is 38.9 Å². The molecule has 0 aromatic rings. The summed E-state index contributed by atoms with van der Waals surface area (Å²) >= 11 is 2.13. The van der Waals surface area contributed by atoms with Crippen LogP contribution in [0.4, 0.5) is 0 Å². The minimum atomic E-state index is 0.488. The van der Waals surface area contributed by atoms with Crippen LogP contribution >= 0.6 is 11.8 Å². The maximum absolute atomic E-state index is 5.92. The summed E-state index contributed by atoms with van der Waals surface area (Å²) in [7, 11) is 0. The van der Waals surface area contributed by atoms with Crippen LogP contribution in [0.5, 0.6) is 0 Å². The van der Waals surface area contributed by atoms with Crippen LogP contribution < -0.4 is 5.73 Å². The van der Waals surface area contributed by atoms with Gasteiger partial charge in [-0.3, -0.25) is 0 Å². The Morgan fingerprint density at radius 1 is 1.27 bits per heavy atom. The van der Waals surface area contributed by atoms with E-state index in [1.807, 2.05) is 0 Å². The maximum Gasteiger partial charge on any atom is 0.0149 e. The topological polar surface area (TPSA) is 29.3 Å². The Balaban J connectivity index is 1.87. The second-order valence-electron chi connectivity index (χ2n) is 5.51. The molecule has 1 aliphatic carbocycles. The Bertz CT molecular complexity index is 200. The molecule has 1 aliphatic heterocycles. The second-order valence-corrected chi connectivity index (χ2v) is 7.39. The molecular weight excluding hydrogens is 204 g/mol. The van der Waals surface area contributed by atoms with Crippen molar-refractivity contribution in [1.29, 1.82) is 0 Å². The van der Waals surface area contributed by atoms with Crippen molar-refractivity contribution >= 4 is 11.8 Å². The van der Waals surface area contributed by atoms with E-state index in [4.69, 9.17) is 5.73 Å². The molecule has 2 aliphatic rings. The van der Waals surface area contributed by atoms with Crippen LogP contribution in [0.1, 0.15) is 33.1 Å². The quantitative estimate of drug-likeness (QED) is 0.800. The lowest BCUT2D eigenvalue weighted by atomic mass is 9.68. The molecule has 2 unspecified atom stereocenters. The van der Waals surface area contributed by atoms with Gasteiger partial charge in [0.15, 0.2) is 0 Å². The van der Waals surface area contributed by atoms with Crippen LogP contribution in [-0.4, -0.2) is 41.6 Å². The summed E-state index contributed by atoms with van der Waals surface area (Å²) in [6.45, 7) is 9.36. The first-order chi connectivity index (χ1) is 7.13. The number of hydrogen-bond acceptors (Lipinski definition) is 3. The molecule has 88 valence electrons. The van der Waals surface area contributed by atoms with E-state index in [1.54, 1.807) is 0 Å². The van der Waals surface area contributed by atoms with E-state index in [0.717, 1.165) is 17.0 Å². The molecule has 0 radical (unpaired) electrons. The molecule has 1 saturated carbocycles. The Kier molecular flexibility index (Phi) is 3.63. The SMILES string of the molecule is CC1CN(CC2(CN)CCC2)CC(C)S1. The number of nitrogens with two attached hydrogens (primary N) is 1. The number of nitrogens with zero attached hydrogens (tertiary/aromatic N) is 1. The standard InChI is InChI=1S/C12H24N2S/c1-10-6-14(7-11(2)15-10)9-12(8-13)4-3-5-12/h10-11H,3-9,13H2,1-2H3. The van der Waals surface area contributed by atoms with E-state index in [9.17, 15) is 0 Å². The molecule has 0 spiro atoms. The highest BCUT2D eigenvalue weighted by Gasteiger charge is 2.38. The number of rotatable bonds is 3. The van der Waals surface area contributed by atoms with E-state index >= 15 is 0 Å². The summed E-state index contributed by atoms with van der Waals surface area (Å²) in [5, 5.41) is 1.59. The second kappa shape index (κ2) is 4.64. The van der Waals surface area contributed by atoms with Crippen LogP contribution in [-0.2, 0) is 0 Å². The Morgan fingerprint density at radius 3 is 2.27 bits per heavy atom. The summed E-state index contributed by atoms with van der Waals surface area (Å²) in [5.41, 5.74) is 6.41. The molecule has 0 bridgehead atoms. The van der Waals surface area contributed by atoms with E-state index in [-0.39, 0.29) is 0 Å². The molecule has 0 amide bonds. The monoisotopic (exact) mass is 228 g/mol. The molecular formula is C12H24N2S. The first-order valence-electron chi connectivity index (χ1n) is 6.21. The lowest BCUT2D eigenvalue weighted by Gasteiger charge is -2.46. The first-order valence-corrected chi connectivity index (χ1v) is 7.16. The third-order valence-corrected chi connectivity index (χ3v) is 5.13. The minimum absolute atomic E-state index is 0.488. The summed E-state index contributed by atoms with van der Waals surface area (Å²) in [6, 6.07) is 0. The van der Waals surface area contributed by atoms with Crippen molar-refractivity contribution in [2.45, 2.75) is 43.6 Å². The smallest absolute Gasteiger partial charge is 0.0149 e. The predicted octanol–water partition coefficient (Wildman–Crippen LogP) is 1.94. The zero-order chi connectivity index (χ0) is 10.9. The molecule has 1 heterocycles. The molecule has 1 saturated heterocycles. The molecule has 2 fully saturated rings. The lowest BCUT2D eigenvalue weighted by molar-refractivity contribution is 0.0740. The van der Waals surface area contributed by atoms with Gasteiger partial charge < -0.3 is 10.6 Å². The first kappa shape index (κ1) is 11.7. The van der Waals surface area contributed by atoms with Crippen LogP contribution in [0.3, 0.4) is 0 Å². The third-order valence-electron chi connectivity index (χ3n) is 3.90. The molecule has 2 nitrogen and oxygen atoms in total. The van der Waals surface area contributed by atoms with Crippen molar-refractivity contribution in [3.63, 3.8) is 0 Å². The molecule has 2 atom stereocenters. The highest BCUT2D eigenvalue weighted by Crippen LogP contribution is 2.41. The van der Waals surface area contributed by atoms with Gasteiger partial charge in [0.05, 0.1) is 0 Å². The van der Waals surface area contributed by atoms with E-state index in [2.05, 4.69) is 30.5 Å². The van der Waals surface area contributed by atoms with Crippen LogP contribution in [0.25, 0.3) is 0 Å². The minimum Gasteiger partial charge on any atom is -0.330 e. The highest BCUT2D eigenvalue weighted by atomic mass is 32.2. The maximum atomic E-state index is 5.92. The van der Waals surface area contributed by atoms with Gasteiger partial charge in [-0.15, -0.1) is 0 Å². The van der Waals surface area contributed by atoms with E-state index < -0.39 is 0 Å². The van der Waals surface area contributed by atoms with Gasteiger partial charge in [-0.2, -0.15) is 11.8 Å². The Hall–Kier alpha value is 0.270. The third kappa shape index (κ3) is 2.69. The van der Waals surface area contributed by atoms with Gasteiger partial charge in [0.2, 0.25) is 0 Å². The summed E-state index contributed by atoms with van der Waals surface area (Å²) in [6.07, 6.45) is 4.11. The molecule has 3 heteroatoms. The van der Waals surface area contributed by atoms with Gasteiger partial charge in [-0.25, -0.2) is 0 Å². The molecule has 0 aromatic heterocycles. The lowest BCUT2D eigenvalue weighted by Crippen LogP contribution is -2.51. The average molecular weight is 228 g/mol. The predicted molar refractivity (Wildman–Crippen MR) is 68.3 cm³/mol. The normalized spacial score (nSPS) is 36.2. The number of hydrogen-bond donors (Lipinski definition) is 1. The van der Waals surface area contributed by atoms with E-state index in [0.29, 0.717) is 5.41 Å². The summed E-state index contributed by atoms with van der Waals surface area (Å²) in [5.74, 6) is 0. The summed E-state index contributed by atoms with van der Waals surface area (Å²) < 4.78 is 0. The summed E-state index contributed by atoms with van der Waals surface area (Å²) in [4.78, 5) is 2.65. The largest absolute Gasteiger partial charge is 0.330 e. The van der Waals surface area contributed by atoms with Gasteiger partial charge >= 0.3 is 0 Å². The Labute approximate surface area is 98.0 Å². The van der Waals surface area contributed by atoms with Crippen molar-refractivity contribution in [3.8, 4) is 0 Å². The fourth-order valence-corrected chi connectivity index (χ4v) is 4.38. The van der Waals surface area contributed by atoms with Crippen molar-refractivity contribution in [2.24, 2.45) is 11.1 Å². The van der Waals surface area contributed by atoms with Crippen molar-refractivity contribution in [1.82, 2.24) is 4.90 Å². The van der Waals surface area contributed by atoms with Crippen molar-refractivity contribution in [2.75, 3.05) is 26.2 Å². The molecule has 2 rings (SSSR count). The average Bonchev–Trinajstić information content (AvgIpc) is 2.10. The fraction of sp³-hybridized carbons (Fsp3) is 1.00. The van der Waals surface area contributed by atoms with Gasteiger partial charge in [-0.05, 0) is 24.8 Å². The molecule has 2 N–H and O–H groups in total. The van der Waals surface area contributed by atoms with Gasteiger partial charge in [0.25, 0.3) is 0 Å². The van der Waals surface area contributed by atoms with Gasteiger partial charge in [-0.1, -0.05) is 20.3 Å². The zero-order valence-electron chi connectivity index (χ0n) is 10.0. The fourth-order valence-electron chi connectivity index (χ4n) is 2.99. The van der Waals surface area contributed by atoms with Crippen LogP contribution in [0, 0.1) is 5.41 Å². The van der Waals surface area contributed by atoms with Crippen LogP contribution in [0.2, 0.25) is 0 Å². The van der Waals surface area contributed by atoms with Crippen LogP contribution in [0.15, 0.2) is 0 Å². The highest BCUT2D eigenvalue weighted by molar-refractivity contribution is 8.00. The molecule has 0 aromatic carbocycles. The molecule has 15 heavy (non-hydrogen) atoms. The van der Waals surface area contributed by atoms with Gasteiger partial charge in [0.1, 0.15) is 0 Å².